The Hall–Kier alpha value is -1.10. The summed E-state index contributed by atoms with van der Waals surface area (Å²) in [5.41, 5.74) is 0. The highest BCUT2D eigenvalue weighted by atomic mass is 16.5. The monoisotopic (exact) mass is 554 g/mol. The van der Waals surface area contributed by atoms with Crippen molar-refractivity contribution in [2.24, 2.45) is 0 Å². The van der Waals surface area contributed by atoms with Crippen molar-refractivity contribution < 1.29 is 23.9 Å². The van der Waals surface area contributed by atoms with Crippen molar-refractivity contribution in [2.45, 2.75) is 180 Å². The molecule has 0 N–H and O–H groups in total. The number of nitrogens with zero attached hydrogens (tertiary/aromatic N) is 1. The molecule has 0 aromatic carbocycles. The number of likely N-dealkylation sites (N-methyl/N-ethyl adjacent to an activating group) is 1. The number of esters is 1. The standard InChI is InChI=1S/C34H67NO4/c1-5-6-7-8-9-10-11-12-13-14-15-16-17-18-19-20-21-22-23-24-25-26-27-28-29-34(38)39-32(30-33(36)37)31-35(2,3)4/h32H,5-31H2,1-4H3. The smallest absolute Gasteiger partial charge is 0.306 e. The van der Waals surface area contributed by atoms with E-state index in [-0.39, 0.29) is 12.4 Å². The number of carboxylic acids is 1. The maximum absolute atomic E-state index is 12.1. The predicted octanol–water partition coefficient (Wildman–Crippen LogP) is 8.52. The molecule has 0 radical (unpaired) electrons. The van der Waals surface area contributed by atoms with Crippen LogP contribution in [0.1, 0.15) is 174 Å². The van der Waals surface area contributed by atoms with Gasteiger partial charge in [0, 0.05) is 18.8 Å². The summed E-state index contributed by atoms with van der Waals surface area (Å²) in [6.07, 6.45) is 32.1. The van der Waals surface area contributed by atoms with Gasteiger partial charge in [-0.3, -0.25) is 4.79 Å². The van der Waals surface area contributed by atoms with Crippen LogP contribution in [-0.2, 0) is 14.3 Å². The summed E-state index contributed by atoms with van der Waals surface area (Å²) in [6.45, 7) is 2.76. The van der Waals surface area contributed by atoms with E-state index in [1.165, 1.54) is 135 Å². The highest BCUT2D eigenvalue weighted by Gasteiger charge is 2.22. The van der Waals surface area contributed by atoms with Crippen LogP contribution in [-0.4, -0.2) is 50.2 Å². The van der Waals surface area contributed by atoms with Gasteiger partial charge in [-0.25, -0.2) is 0 Å². The molecule has 0 amide bonds. The zero-order chi connectivity index (χ0) is 29.0. The van der Waals surface area contributed by atoms with Gasteiger partial charge in [0.2, 0.25) is 0 Å². The number of carboxylic acid groups (broad SMARTS) is 1. The van der Waals surface area contributed by atoms with Crippen LogP contribution in [0.5, 0.6) is 0 Å². The minimum atomic E-state index is -1.17. The molecular formula is C34H67NO4. The number of rotatable bonds is 30. The fourth-order valence-electron chi connectivity index (χ4n) is 5.42. The molecule has 0 saturated carbocycles. The predicted molar refractivity (Wildman–Crippen MR) is 164 cm³/mol. The molecule has 0 fully saturated rings. The zero-order valence-corrected chi connectivity index (χ0v) is 26.7. The lowest BCUT2D eigenvalue weighted by Crippen LogP contribution is -2.45. The van der Waals surface area contributed by atoms with Crippen LogP contribution in [0.4, 0.5) is 0 Å². The van der Waals surface area contributed by atoms with E-state index < -0.39 is 12.1 Å². The molecule has 0 spiro atoms. The molecule has 0 aliphatic carbocycles. The van der Waals surface area contributed by atoms with E-state index in [1.54, 1.807) is 0 Å². The Labute approximate surface area is 243 Å². The van der Waals surface area contributed by atoms with Crippen LogP contribution < -0.4 is 5.11 Å². The van der Waals surface area contributed by atoms with Crippen molar-refractivity contribution in [1.82, 2.24) is 0 Å². The Morgan fingerprint density at radius 1 is 0.564 bits per heavy atom. The number of carbonyl (C=O) groups is 2. The van der Waals surface area contributed by atoms with E-state index in [0.717, 1.165) is 19.3 Å². The molecule has 0 bridgehead atoms. The van der Waals surface area contributed by atoms with Gasteiger partial charge in [0.05, 0.1) is 21.1 Å². The number of hydrogen-bond acceptors (Lipinski definition) is 4. The molecule has 0 saturated heterocycles. The minimum absolute atomic E-state index is 0.235. The molecule has 0 heterocycles. The van der Waals surface area contributed by atoms with Crippen LogP contribution in [0.3, 0.4) is 0 Å². The summed E-state index contributed by atoms with van der Waals surface area (Å²) in [6, 6.07) is 0. The summed E-state index contributed by atoms with van der Waals surface area (Å²) in [4.78, 5) is 23.0. The van der Waals surface area contributed by atoms with E-state index in [9.17, 15) is 14.7 Å². The van der Waals surface area contributed by atoms with E-state index in [0.29, 0.717) is 17.4 Å². The first-order valence-electron chi connectivity index (χ1n) is 16.9. The molecule has 5 heteroatoms. The largest absolute Gasteiger partial charge is 0.550 e. The Bertz CT molecular complexity index is 558. The molecule has 5 nitrogen and oxygen atoms in total. The third-order valence-corrected chi connectivity index (χ3v) is 7.68. The van der Waals surface area contributed by atoms with Crippen LogP contribution in [0.25, 0.3) is 0 Å². The van der Waals surface area contributed by atoms with Crippen LogP contribution in [0.15, 0.2) is 0 Å². The highest BCUT2D eigenvalue weighted by Crippen LogP contribution is 2.16. The quantitative estimate of drug-likeness (QED) is 0.0508. The van der Waals surface area contributed by atoms with E-state index >= 15 is 0 Å². The van der Waals surface area contributed by atoms with Crippen molar-refractivity contribution in [2.75, 3.05) is 27.7 Å². The molecular weight excluding hydrogens is 486 g/mol. The molecule has 1 unspecified atom stereocenters. The first-order valence-corrected chi connectivity index (χ1v) is 16.9. The average Bonchev–Trinajstić information content (AvgIpc) is 2.85. The van der Waals surface area contributed by atoms with E-state index in [1.807, 2.05) is 21.1 Å². The van der Waals surface area contributed by atoms with Gasteiger partial charge in [-0.2, -0.15) is 0 Å². The Balaban J connectivity index is 3.36. The second-order valence-electron chi connectivity index (χ2n) is 13.0. The van der Waals surface area contributed by atoms with Gasteiger partial charge < -0.3 is 19.1 Å². The first-order chi connectivity index (χ1) is 18.7. The van der Waals surface area contributed by atoms with Crippen molar-refractivity contribution in [3.05, 3.63) is 0 Å². The van der Waals surface area contributed by atoms with Gasteiger partial charge in [0.25, 0.3) is 0 Å². The Kier molecular flexibility index (Phi) is 26.3. The molecule has 0 aliphatic rings. The zero-order valence-electron chi connectivity index (χ0n) is 26.7. The molecule has 0 rings (SSSR count). The fourth-order valence-corrected chi connectivity index (χ4v) is 5.42. The SMILES string of the molecule is CCCCCCCCCCCCCCCCCCCCCCCCCCC(=O)OC(CC(=O)[O-])C[N+](C)(C)C. The van der Waals surface area contributed by atoms with E-state index in [2.05, 4.69) is 6.92 Å². The molecule has 0 aliphatic heterocycles. The second kappa shape index (κ2) is 27.1. The van der Waals surface area contributed by atoms with Gasteiger partial charge in [0.1, 0.15) is 6.54 Å². The second-order valence-corrected chi connectivity index (χ2v) is 13.0. The third kappa shape index (κ3) is 31.3. The topological polar surface area (TPSA) is 66.4 Å². The van der Waals surface area contributed by atoms with Gasteiger partial charge in [-0.1, -0.05) is 155 Å². The number of carbonyl (C=O) groups excluding carboxylic acids is 2. The van der Waals surface area contributed by atoms with Gasteiger partial charge in [-0.05, 0) is 6.42 Å². The summed E-state index contributed by atoms with van der Waals surface area (Å²) < 4.78 is 5.96. The van der Waals surface area contributed by atoms with E-state index in [4.69, 9.17) is 4.74 Å². The average molecular weight is 554 g/mol. The highest BCUT2D eigenvalue weighted by molar-refractivity contribution is 5.70. The third-order valence-electron chi connectivity index (χ3n) is 7.68. The molecule has 1 atom stereocenters. The van der Waals surface area contributed by atoms with Gasteiger partial charge in [0.15, 0.2) is 6.10 Å². The Morgan fingerprint density at radius 2 is 0.872 bits per heavy atom. The molecule has 0 aromatic heterocycles. The number of quaternary nitrogens is 1. The lowest BCUT2D eigenvalue weighted by atomic mass is 10.0. The van der Waals surface area contributed by atoms with Crippen molar-refractivity contribution in [1.29, 1.82) is 0 Å². The molecule has 0 aromatic rings. The number of ether oxygens (including phenoxy) is 1. The van der Waals surface area contributed by atoms with Crippen LogP contribution in [0, 0.1) is 0 Å². The van der Waals surface area contributed by atoms with Crippen LogP contribution >= 0.6 is 0 Å². The first kappa shape index (κ1) is 37.9. The summed E-state index contributed by atoms with van der Waals surface area (Å²) in [5, 5.41) is 10.9. The minimum Gasteiger partial charge on any atom is -0.550 e. The van der Waals surface area contributed by atoms with Crippen LogP contribution in [0.2, 0.25) is 0 Å². The van der Waals surface area contributed by atoms with Crippen molar-refractivity contribution in [3.63, 3.8) is 0 Å². The number of unbranched alkanes of at least 4 members (excludes halogenated alkanes) is 23. The van der Waals surface area contributed by atoms with Crippen molar-refractivity contribution >= 4 is 11.9 Å². The van der Waals surface area contributed by atoms with Gasteiger partial charge in [-0.15, -0.1) is 0 Å². The van der Waals surface area contributed by atoms with Gasteiger partial charge >= 0.3 is 5.97 Å². The summed E-state index contributed by atoms with van der Waals surface area (Å²) in [5.74, 6) is -1.45. The maximum Gasteiger partial charge on any atom is 0.306 e. The summed E-state index contributed by atoms with van der Waals surface area (Å²) in [7, 11) is 5.87. The fraction of sp³-hybridized carbons (Fsp3) is 0.941. The Morgan fingerprint density at radius 3 is 1.15 bits per heavy atom. The molecule has 39 heavy (non-hydrogen) atoms. The summed E-state index contributed by atoms with van der Waals surface area (Å²) >= 11 is 0. The molecule has 232 valence electrons. The lowest BCUT2D eigenvalue weighted by molar-refractivity contribution is -0.873. The lowest BCUT2D eigenvalue weighted by Gasteiger charge is -2.29. The van der Waals surface area contributed by atoms with Crippen molar-refractivity contribution in [3.8, 4) is 0 Å². The number of hydrogen-bond donors (Lipinski definition) is 0. The number of aliphatic carboxylic acids is 1. The maximum atomic E-state index is 12.1. The normalized spacial score (nSPS) is 12.5.